The number of likely N-dealkylation sites (N-methyl/N-ethyl adjacent to an activating group) is 1. The maximum Gasteiger partial charge on any atom is 0.117 e. The summed E-state index contributed by atoms with van der Waals surface area (Å²) in [7, 11) is 2.14. The van der Waals surface area contributed by atoms with Crippen LogP contribution in [0.3, 0.4) is 0 Å². The van der Waals surface area contributed by atoms with Gasteiger partial charge in [-0.15, -0.1) is 0 Å². The molecule has 0 aliphatic carbocycles. The molecule has 0 spiro atoms. The molecule has 0 aromatic carbocycles. The van der Waals surface area contributed by atoms with Crippen molar-refractivity contribution >= 4 is 0 Å². The first kappa shape index (κ1) is 9.74. The van der Waals surface area contributed by atoms with E-state index in [0.29, 0.717) is 6.04 Å². The summed E-state index contributed by atoms with van der Waals surface area (Å²) in [6, 6.07) is 4.64. The summed E-state index contributed by atoms with van der Waals surface area (Å²) >= 11 is 0. The smallest absolute Gasteiger partial charge is 0.117 e. The first-order valence-electron chi connectivity index (χ1n) is 5.29. The molecule has 2 rings (SSSR count). The van der Waals surface area contributed by atoms with E-state index in [1.807, 2.05) is 12.1 Å². The van der Waals surface area contributed by atoms with Gasteiger partial charge in [-0.2, -0.15) is 0 Å². The molecule has 1 aliphatic rings. The largest absolute Gasteiger partial charge is 0.468 e. The molecule has 0 bridgehead atoms. The normalized spacial score (nSPS) is 22.0. The fourth-order valence-electron chi connectivity index (χ4n) is 2.02. The van der Waals surface area contributed by atoms with Gasteiger partial charge in [-0.3, -0.25) is 4.90 Å². The van der Waals surface area contributed by atoms with Crippen molar-refractivity contribution in [3.63, 3.8) is 0 Å². The number of furan rings is 1. The van der Waals surface area contributed by atoms with Gasteiger partial charge >= 0.3 is 0 Å². The zero-order chi connectivity index (χ0) is 9.80. The van der Waals surface area contributed by atoms with Crippen molar-refractivity contribution in [1.29, 1.82) is 0 Å². The topological polar surface area (TPSA) is 28.4 Å². The molecular formula is C11H18N2O. The van der Waals surface area contributed by atoms with Crippen LogP contribution in [0.4, 0.5) is 0 Å². The van der Waals surface area contributed by atoms with E-state index >= 15 is 0 Å². The standard InChI is InChI=1S/C11H18N2O/c1-13(8-10-4-2-6-12-10)9-11-5-3-7-14-11/h3,5,7,10,12H,2,4,6,8-9H2,1H3/t10-/m1/s1. The molecule has 1 N–H and O–H groups in total. The summed E-state index contributed by atoms with van der Waals surface area (Å²) in [5.74, 6) is 1.05. The van der Waals surface area contributed by atoms with E-state index in [-0.39, 0.29) is 0 Å². The number of hydrogen-bond acceptors (Lipinski definition) is 3. The summed E-state index contributed by atoms with van der Waals surface area (Å²) < 4.78 is 5.31. The fraction of sp³-hybridized carbons (Fsp3) is 0.636. The Morgan fingerprint density at radius 1 is 1.64 bits per heavy atom. The summed E-state index contributed by atoms with van der Waals surface area (Å²) in [6.45, 7) is 3.20. The Morgan fingerprint density at radius 3 is 3.21 bits per heavy atom. The van der Waals surface area contributed by atoms with Gasteiger partial charge in [0, 0.05) is 12.6 Å². The monoisotopic (exact) mass is 194 g/mol. The average molecular weight is 194 g/mol. The molecule has 0 amide bonds. The highest BCUT2D eigenvalue weighted by Crippen LogP contribution is 2.09. The van der Waals surface area contributed by atoms with Gasteiger partial charge in [0.15, 0.2) is 0 Å². The van der Waals surface area contributed by atoms with E-state index in [9.17, 15) is 0 Å². The molecule has 2 heterocycles. The number of nitrogens with zero attached hydrogens (tertiary/aromatic N) is 1. The third-order valence-electron chi connectivity index (χ3n) is 2.70. The Bertz CT molecular complexity index is 252. The van der Waals surface area contributed by atoms with Crippen LogP contribution in [0.25, 0.3) is 0 Å². The van der Waals surface area contributed by atoms with Gasteiger partial charge in [0.1, 0.15) is 5.76 Å². The molecule has 1 aliphatic heterocycles. The zero-order valence-electron chi connectivity index (χ0n) is 8.70. The third kappa shape index (κ3) is 2.59. The van der Waals surface area contributed by atoms with Gasteiger partial charge in [-0.05, 0) is 38.6 Å². The predicted molar refractivity (Wildman–Crippen MR) is 56.1 cm³/mol. The maximum atomic E-state index is 5.31. The SMILES string of the molecule is CN(Cc1ccco1)C[C@H]1CCCN1. The minimum absolute atomic E-state index is 0.676. The Balaban J connectivity index is 1.75. The predicted octanol–water partition coefficient (Wildman–Crippen LogP) is 1.46. The van der Waals surface area contributed by atoms with E-state index in [4.69, 9.17) is 4.42 Å². The van der Waals surface area contributed by atoms with Crippen LogP contribution in [0, 0.1) is 0 Å². The molecule has 1 aromatic rings. The Labute approximate surface area is 85.1 Å². The second kappa shape index (κ2) is 4.62. The van der Waals surface area contributed by atoms with Crippen molar-refractivity contribution in [2.24, 2.45) is 0 Å². The van der Waals surface area contributed by atoms with Gasteiger partial charge in [0.2, 0.25) is 0 Å². The number of hydrogen-bond donors (Lipinski definition) is 1. The lowest BCUT2D eigenvalue weighted by atomic mass is 10.2. The molecular weight excluding hydrogens is 176 g/mol. The minimum atomic E-state index is 0.676. The van der Waals surface area contributed by atoms with Gasteiger partial charge in [0.25, 0.3) is 0 Å². The minimum Gasteiger partial charge on any atom is -0.468 e. The van der Waals surface area contributed by atoms with E-state index in [1.54, 1.807) is 6.26 Å². The molecule has 1 fully saturated rings. The van der Waals surface area contributed by atoms with Gasteiger partial charge in [-0.1, -0.05) is 0 Å². The second-order valence-electron chi connectivity index (χ2n) is 4.07. The molecule has 0 saturated carbocycles. The van der Waals surface area contributed by atoms with Crippen LogP contribution in [0.15, 0.2) is 22.8 Å². The Hall–Kier alpha value is -0.800. The second-order valence-corrected chi connectivity index (χ2v) is 4.07. The lowest BCUT2D eigenvalue weighted by Crippen LogP contribution is -2.34. The molecule has 1 atom stereocenters. The summed E-state index contributed by atoms with van der Waals surface area (Å²) in [4.78, 5) is 2.31. The van der Waals surface area contributed by atoms with Crippen LogP contribution in [0.5, 0.6) is 0 Å². The molecule has 1 aromatic heterocycles. The molecule has 3 nitrogen and oxygen atoms in total. The molecule has 3 heteroatoms. The quantitative estimate of drug-likeness (QED) is 0.786. The molecule has 0 radical (unpaired) electrons. The van der Waals surface area contributed by atoms with Crippen molar-refractivity contribution < 1.29 is 4.42 Å². The Morgan fingerprint density at radius 2 is 2.57 bits per heavy atom. The summed E-state index contributed by atoms with van der Waals surface area (Å²) in [6.07, 6.45) is 4.36. The van der Waals surface area contributed by atoms with E-state index in [2.05, 4.69) is 17.3 Å². The van der Waals surface area contributed by atoms with E-state index in [0.717, 1.165) is 18.8 Å². The molecule has 1 saturated heterocycles. The van der Waals surface area contributed by atoms with Crippen LogP contribution in [-0.4, -0.2) is 31.1 Å². The van der Waals surface area contributed by atoms with Crippen molar-refractivity contribution in [2.45, 2.75) is 25.4 Å². The Kier molecular flexibility index (Phi) is 3.22. The van der Waals surface area contributed by atoms with Gasteiger partial charge < -0.3 is 9.73 Å². The van der Waals surface area contributed by atoms with Crippen molar-refractivity contribution in [3.8, 4) is 0 Å². The van der Waals surface area contributed by atoms with Crippen LogP contribution in [-0.2, 0) is 6.54 Å². The van der Waals surface area contributed by atoms with Crippen LogP contribution in [0.1, 0.15) is 18.6 Å². The van der Waals surface area contributed by atoms with Crippen molar-refractivity contribution in [3.05, 3.63) is 24.2 Å². The summed E-state index contributed by atoms with van der Waals surface area (Å²) in [5.41, 5.74) is 0. The van der Waals surface area contributed by atoms with Gasteiger partial charge in [0.05, 0.1) is 12.8 Å². The third-order valence-corrected chi connectivity index (χ3v) is 2.70. The first-order chi connectivity index (χ1) is 6.84. The first-order valence-corrected chi connectivity index (χ1v) is 5.29. The fourth-order valence-corrected chi connectivity index (χ4v) is 2.02. The molecule has 0 unspecified atom stereocenters. The lowest BCUT2D eigenvalue weighted by Gasteiger charge is -2.19. The zero-order valence-corrected chi connectivity index (χ0v) is 8.70. The van der Waals surface area contributed by atoms with Gasteiger partial charge in [-0.25, -0.2) is 0 Å². The highest BCUT2D eigenvalue weighted by atomic mass is 16.3. The van der Waals surface area contributed by atoms with Crippen LogP contribution >= 0.6 is 0 Å². The van der Waals surface area contributed by atoms with Crippen molar-refractivity contribution in [2.75, 3.05) is 20.1 Å². The van der Waals surface area contributed by atoms with E-state index in [1.165, 1.54) is 19.4 Å². The van der Waals surface area contributed by atoms with Crippen LogP contribution in [0.2, 0.25) is 0 Å². The number of rotatable bonds is 4. The van der Waals surface area contributed by atoms with E-state index < -0.39 is 0 Å². The lowest BCUT2D eigenvalue weighted by molar-refractivity contribution is 0.269. The van der Waals surface area contributed by atoms with Crippen molar-refractivity contribution in [1.82, 2.24) is 10.2 Å². The number of nitrogens with one attached hydrogen (secondary N) is 1. The highest BCUT2D eigenvalue weighted by Gasteiger charge is 2.16. The summed E-state index contributed by atoms with van der Waals surface area (Å²) in [5, 5.41) is 3.49. The molecule has 14 heavy (non-hydrogen) atoms. The van der Waals surface area contributed by atoms with Crippen LogP contribution < -0.4 is 5.32 Å². The highest BCUT2D eigenvalue weighted by molar-refractivity contribution is 4.97. The molecule has 78 valence electrons. The maximum absolute atomic E-state index is 5.31. The average Bonchev–Trinajstić information content (AvgIpc) is 2.76.